The zero-order valence-corrected chi connectivity index (χ0v) is 10.3. The number of hydrogen-bond acceptors (Lipinski definition) is 3. The van der Waals surface area contributed by atoms with Crippen LogP contribution in [0.25, 0.3) is 0 Å². The van der Waals surface area contributed by atoms with Crippen molar-refractivity contribution in [1.82, 2.24) is 5.32 Å². The highest BCUT2D eigenvalue weighted by Crippen LogP contribution is 2.24. The lowest BCUT2D eigenvalue weighted by Gasteiger charge is -2.23. The maximum Gasteiger partial charge on any atom is 0.0634 e. The summed E-state index contributed by atoms with van der Waals surface area (Å²) >= 11 is 0. The van der Waals surface area contributed by atoms with Gasteiger partial charge in [-0.15, -0.1) is 0 Å². The second kappa shape index (κ2) is 5.83. The fourth-order valence-electron chi connectivity index (χ4n) is 2.03. The fraction of sp³-hybridized carbons (Fsp3) is 1.00. The number of rotatable bonds is 6. The summed E-state index contributed by atoms with van der Waals surface area (Å²) in [5, 5.41) is 12.8. The first-order chi connectivity index (χ1) is 7.03. The largest absolute Gasteiger partial charge is 0.393 e. The Morgan fingerprint density at radius 2 is 2.13 bits per heavy atom. The van der Waals surface area contributed by atoms with Crippen LogP contribution in [0, 0.1) is 5.92 Å². The molecule has 0 saturated heterocycles. The van der Waals surface area contributed by atoms with E-state index in [4.69, 9.17) is 4.74 Å². The second-order valence-electron chi connectivity index (χ2n) is 5.25. The van der Waals surface area contributed by atoms with Gasteiger partial charge in [0.1, 0.15) is 0 Å². The molecule has 0 aromatic heterocycles. The molecule has 0 aromatic rings. The fourth-order valence-corrected chi connectivity index (χ4v) is 2.03. The molecule has 0 heterocycles. The van der Waals surface area contributed by atoms with E-state index in [1.54, 1.807) is 7.11 Å². The molecule has 90 valence electrons. The third kappa shape index (κ3) is 4.96. The summed E-state index contributed by atoms with van der Waals surface area (Å²) in [6, 6.07) is 0. The molecule has 2 unspecified atom stereocenters. The summed E-state index contributed by atoms with van der Waals surface area (Å²) < 4.78 is 5.35. The van der Waals surface area contributed by atoms with Gasteiger partial charge in [0, 0.05) is 7.11 Å². The zero-order chi connectivity index (χ0) is 11.3. The first kappa shape index (κ1) is 12.9. The highest BCUT2D eigenvalue weighted by atomic mass is 16.5. The van der Waals surface area contributed by atoms with Crippen LogP contribution < -0.4 is 5.32 Å². The summed E-state index contributed by atoms with van der Waals surface area (Å²) in [5.74, 6) is 0.672. The number of aliphatic hydroxyl groups excluding tert-OH is 1. The van der Waals surface area contributed by atoms with Crippen LogP contribution in [0.4, 0.5) is 0 Å². The van der Waals surface area contributed by atoms with Crippen LogP contribution in [0.2, 0.25) is 0 Å². The Labute approximate surface area is 93.2 Å². The molecule has 0 amide bonds. The minimum atomic E-state index is -0.0489. The Balaban J connectivity index is 2.02. The predicted molar refractivity (Wildman–Crippen MR) is 61.9 cm³/mol. The van der Waals surface area contributed by atoms with Gasteiger partial charge in [-0.2, -0.15) is 0 Å². The molecule has 0 bridgehead atoms. The molecule has 1 aliphatic rings. The van der Waals surface area contributed by atoms with E-state index in [2.05, 4.69) is 19.2 Å². The van der Waals surface area contributed by atoms with Crippen LogP contribution >= 0.6 is 0 Å². The van der Waals surface area contributed by atoms with Crippen molar-refractivity contribution in [2.45, 2.75) is 51.2 Å². The molecule has 15 heavy (non-hydrogen) atoms. The number of nitrogens with one attached hydrogen (secondary N) is 1. The van der Waals surface area contributed by atoms with Gasteiger partial charge in [0.05, 0.1) is 11.7 Å². The van der Waals surface area contributed by atoms with Crippen LogP contribution in [0.5, 0.6) is 0 Å². The second-order valence-corrected chi connectivity index (χ2v) is 5.25. The van der Waals surface area contributed by atoms with Gasteiger partial charge in [-0.1, -0.05) is 0 Å². The third-order valence-corrected chi connectivity index (χ3v) is 3.40. The molecule has 3 nitrogen and oxygen atoms in total. The molecule has 2 N–H and O–H groups in total. The maximum absolute atomic E-state index is 9.38. The van der Waals surface area contributed by atoms with Crippen molar-refractivity contribution in [2.24, 2.45) is 5.92 Å². The number of methoxy groups -OCH3 is 1. The van der Waals surface area contributed by atoms with Crippen molar-refractivity contribution in [3.05, 3.63) is 0 Å². The van der Waals surface area contributed by atoms with Crippen molar-refractivity contribution in [3.8, 4) is 0 Å². The van der Waals surface area contributed by atoms with Gasteiger partial charge < -0.3 is 15.2 Å². The summed E-state index contributed by atoms with van der Waals surface area (Å²) in [4.78, 5) is 0. The summed E-state index contributed by atoms with van der Waals surface area (Å²) in [5.41, 5.74) is -0.0256. The molecular weight excluding hydrogens is 190 g/mol. The van der Waals surface area contributed by atoms with Gasteiger partial charge in [0.25, 0.3) is 0 Å². The number of aliphatic hydroxyl groups is 1. The van der Waals surface area contributed by atoms with E-state index in [0.29, 0.717) is 5.92 Å². The Bertz CT molecular complexity index is 182. The lowest BCUT2D eigenvalue weighted by atomic mass is 10.0. The monoisotopic (exact) mass is 215 g/mol. The minimum Gasteiger partial charge on any atom is -0.393 e. The summed E-state index contributed by atoms with van der Waals surface area (Å²) in [6.07, 6.45) is 4.10. The van der Waals surface area contributed by atoms with Crippen molar-refractivity contribution < 1.29 is 9.84 Å². The molecule has 0 aliphatic heterocycles. The Kier molecular flexibility index (Phi) is 5.03. The lowest BCUT2D eigenvalue weighted by molar-refractivity contribution is 0.0157. The van der Waals surface area contributed by atoms with E-state index < -0.39 is 0 Å². The molecule has 2 atom stereocenters. The SMILES string of the molecule is COC(C)(C)CCNCC1CCC(O)C1. The van der Waals surface area contributed by atoms with E-state index in [9.17, 15) is 5.11 Å². The molecule has 3 heteroatoms. The van der Waals surface area contributed by atoms with Crippen molar-refractivity contribution in [2.75, 3.05) is 20.2 Å². The van der Waals surface area contributed by atoms with Crippen molar-refractivity contribution >= 4 is 0 Å². The van der Waals surface area contributed by atoms with Crippen LogP contribution in [0.3, 0.4) is 0 Å². The van der Waals surface area contributed by atoms with Gasteiger partial charge in [-0.25, -0.2) is 0 Å². The molecular formula is C12H25NO2. The lowest BCUT2D eigenvalue weighted by Crippen LogP contribution is -2.31. The molecule has 0 spiro atoms. The van der Waals surface area contributed by atoms with E-state index in [1.807, 2.05) is 0 Å². The van der Waals surface area contributed by atoms with Gasteiger partial charge >= 0.3 is 0 Å². The maximum atomic E-state index is 9.38. The van der Waals surface area contributed by atoms with Crippen LogP contribution in [0.15, 0.2) is 0 Å². The third-order valence-electron chi connectivity index (χ3n) is 3.40. The van der Waals surface area contributed by atoms with E-state index in [1.165, 1.54) is 6.42 Å². The molecule has 1 rings (SSSR count). The molecule has 0 aromatic carbocycles. The smallest absolute Gasteiger partial charge is 0.0634 e. The van der Waals surface area contributed by atoms with Gasteiger partial charge in [-0.05, 0) is 58.5 Å². The van der Waals surface area contributed by atoms with Crippen molar-refractivity contribution in [3.63, 3.8) is 0 Å². The first-order valence-electron chi connectivity index (χ1n) is 5.97. The van der Waals surface area contributed by atoms with Crippen LogP contribution in [-0.2, 0) is 4.74 Å². The minimum absolute atomic E-state index is 0.0256. The Morgan fingerprint density at radius 3 is 2.67 bits per heavy atom. The molecule has 1 fully saturated rings. The Morgan fingerprint density at radius 1 is 1.40 bits per heavy atom. The van der Waals surface area contributed by atoms with E-state index >= 15 is 0 Å². The summed E-state index contributed by atoms with van der Waals surface area (Å²) in [7, 11) is 1.76. The van der Waals surface area contributed by atoms with Crippen LogP contribution in [-0.4, -0.2) is 37.0 Å². The van der Waals surface area contributed by atoms with E-state index in [0.717, 1.165) is 32.4 Å². The van der Waals surface area contributed by atoms with Gasteiger partial charge in [0.2, 0.25) is 0 Å². The predicted octanol–water partition coefficient (Wildman–Crippen LogP) is 1.55. The summed E-state index contributed by atoms with van der Waals surface area (Å²) in [6.45, 7) is 6.24. The van der Waals surface area contributed by atoms with Crippen molar-refractivity contribution in [1.29, 1.82) is 0 Å². The van der Waals surface area contributed by atoms with Crippen LogP contribution in [0.1, 0.15) is 39.5 Å². The Hall–Kier alpha value is -0.120. The normalized spacial score (nSPS) is 27.2. The highest BCUT2D eigenvalue weighted by molar-refractivity contribution is 4.77. The van der Waals surface area contributed by atoms with E-state index in [-0.39, 0.29) is 11.7 Å². The first-order valence-corrected chi connectivity index (χ1v) is 5.97. The molecule has 1 saturated carbocycles. The quantitative estimate of drug-likeness (QED) is 0.661. The number of ether oxygens (including phenoxy) is 1. The van der Waals surface area contributed by atoms with Gasteiger partial charge in [0.15, 0.2) is 0 Å². The average molecular weight is 215 g/mol. The molecule has 1 aliphatic carbocycles. The topological polar surface area (TPSA) is 41.5 Å². The standard InChI is InChI=1S/C12H25NO2/c1-12(2,15-3)6-7-13-9-10-4-5-11(14)8-10/h10-11,13-14H,4-9H2,1-3H3. The molecule has 0 radical (unpaired) electrons. The average Bonchev–Trinajstić information content (AvgIpc) is 2.59. The zero-order valence-electron chi connectivity index (χ0n) is 10.3. The van der Waals surface area contributed by atoms with Gasteiger partial charge in [-0.3, -0.25) is 0 Å². The number of hydrogen-bond donors (Lipinski definition) is 2. The highest BCUT2D eigenvalue weighted by Gasteiger charge is 2.22.